The molecule has 0 fully saturated rings. The monoisotopic (exact) mass is 270 g/mol. The fourth-order valence-corrected chi connectivity index (χ4v) is 2.69. The lowest BCUT2D eigenvalue weighted by atomic mass is 10.2. The van der Waals surface area contributed by atoms with Crippen molar-refractivity contribution in [3.63, 3.8) is 0 Å². The van der Waals surface area contributed by atoms with Gasteiger partial charge in [0.15, 0.2) is 0 Å². The highest BCUT2D eigenvalue weighted by Gasteiger charge is 2.00. The van der Waals surface area contributed by atoms with E-state index < -0.39 is 0 Å². The van der Waals surface area contributed by atoms with E-state index in [2.05, 4.69) is 45.9 Å². The smallest absolute Gasteiger partial charge is 0.138 e. The minimum absolute atomic E-state index is 0.867. The molecule has 0 spiro atoms. The Morgan fingerprint density at radius 1 is 1.21 bits per heavy atom. The molecule has 0 radical (unpaired) electrons. The van der Waals surface area contributed by atoms with Gasteiger partial charge in [0.05, 0.1) is 5.69 Å². The largest absolute Gasteiger partial charge is 0.380 e. The maximum Gasteiger partial charge on any atom is 0.138 e. The second-order valence-electron chi connectivity index (χ2n) is 4.27. The van der Waals surface area contributed by atoms with Crippen molar-refractivity contribution in [3.05, 3.63) is 58.8 Å². The van der Waals surface area contributed by atoms with Crippen LogP contribution in [-0.2, 0) is 6.54 Å². The molecule has 3 rings (SSSR count). The van der Waals surface area contributed by atoms with Crippen LogP contribution in [0.4, 0.5) is 5.69 Å². The van der Waals surface area contributed by atoms with Crippen LogP contribution in [0, 0.1) is 6.92 Å². The number of rotatable bonds is 4. The number of nitrogens with one attached hydrogen (secondary N) is 1. The molecule has 19 heavy (non-hydrogen) atoms. The Kier molecular flexibility index (Phi) is 3.29. The second-order valence-corrected chi connectivity index (χ2v) is 5.27. The molecule has 0 atom stereocenters. The Balaban J connectivity index is 1.68. The number of anilines is 1. The molecule has 1 aromatic carbocycles. The summed E-state index contributed by atoms with van der Waals surface area (Å²) in [6, 6.07) is 10.3. The van der Waals surface area contributed by atoms with Gasteiger partial charge in [-0.25, -0.2) is 9.67 Å². The van der Waals surface area contributed by atoms with Gasteiger partial charge >= 0.3 is 0 Å². The fourth-order valence-electron chi connectivity index (χ4n) is 1.84. The summed E-state index contributed by atoms with van der Waals surface area (Å²) in [4.78, 5) is 5.31. The van der Waals surface area contributed by atoms with E-state index in [1.807, 2.05) is 12.1 Å². The van der Waals surface area contributed by atoms with Crippen LogP contribution in [0.1, 0.15) is 10.4 Å². The van der Waals surface area contributed by atoms with Crippen LogP contribution in [0.3, 0.4) is 0 Å². The van der Waals surface area contributed by atoms with Crippen molar-refractivity contribution in [3.8, 4) is 5.69 Å². The molecule has 0 bridgehead atoms. The number of thiophene rings is 1. The van der Waals surface area contributed by atoms with Crippen molar-refractivity contribution in [1.29, 1.82) is 0 Å². The molecule has 4 nitrogen and oxygen atoms in total. The molecule has 0 amide bonds. The lowest BCUT2D eigenvalue weighted by Gasteiger charge is -2.07. The van der Waals surface area contributed by atoms with Gasteiger partial charge in [0.25, 0.3) is 0 Å². The molecular formula is C14H14N4S. The van der Waals surface area contributed by atoms with Crippen LogP contribution >= 0.6 is 11.3 Å². The minimum atomic E-state index is 0.867. The van der Waals surface area contributed by atoms with Crippen molar-refractivity contribution >= 4 is 17.0 Å². The maximum atomic E-state index is 4.10. The molecule has 1 N–H and O–H groups in total. The van der Waals surface area contributed by atoms with E-state index in [0.717, 1.165) is 17.9 Å². The zero-order valence-corrected chi connectivity index (χ0v) is 11.4. The van der Waals surface area contributed by atoms with Crippen molar-refractivity contribution in [2.75, 3.05) is 5.32 Å². The van der Waals surface area contributed by atoms with E-state index >= 15 is 0 Å². The Hall–Kier alpha value is -2.14. The SMILES string of the molecule is Cc1ccsc1CNc1ccc(-n2cncn2)cc1. The summed E-state index contributed by atoms with van der Waals surface area (Å²) in [6.45, 7) is 3.01. The molecule has 0 aliphatic carbocycles. The highest BCUT2D eigenvalue weighted by molar-refractivity contribution is 7.10. The number of hydrogen-bond acceptors (Lipinski definition) is 4. The third-order valence-corrected chi connectivity index (χ3v) is 3.99. The summed E-state index contributed by atoms with van der Waals surface area (Å²) in [5.74, 6) is 0. The highest BCUT2D eigenvalue weighted by atomic mass is 32.1. The molecule has 2 aromatic heterocycles. The van der Waals surface area contributed by atoms with Crippen molar-refractivity contribution in [2.24, 2.45) is 0 Å². The molecular weight excluding hydrogens is 256 g/mol. The maximum absolute atomic E-state index is 4.10. The topological polar surface area (TPSA) is 42.7 Å². The predicted octanol–water partition coefficient (Wildman–Crippen LogP) is 3.25. The zero-order chi connectivity index (χ0) is 13.1. The van der Waals surface area contributed by atoms with Gasteiger partial charge < -0.3 is 5.32 Å². The molecule has 0 aliphatic rings. The van der Waals surface area contributed by atoms with Crippen LogP contribution < -0.4 is 5.32 Å². The quantitative estimate of drug-likeness (QED) is 0.791. The average molecular weight is 270 g/mol. The van der Waals surface area contributed by atoms with Crippen molar-refractivity contribution in [1.82, 2.24) is 14.8 Å². The first-order valence-corrected chi connectivity index (χ1v) is 6.93. The molecule has 0 unspecified atom stereocenters. The van der Waals surface area contributed by atoms with Gasteiger partial charge in [-0.2, -0.15) is 5.10 Å². The molecule has 2 heterocycles. The van der Waals surface area contributed by atoms with Gasteiger partial charge in [0.2, 0.25) is 0 Å². The van der Waals surface area contributed by atoms with E-state index in [9.17, 15) is 0 Å². The van der Waals surface area contributed by atoms with Gasteiger partial charge in [-0.15, -0.1) is 11.3 Å². The number of aryl methyl sites for hydroxylation is 1. The third kappa shape index (κ3) is 2.66. The summed E-state index contributed by atoms with van der Waals surface area (Å²) in [7, 11) is 0. The standard InChI is InChI=1S/C14H14N4S/c1-11-6-7-19-14(11)8-16-12-2-4-13(5-3-12)18-10-15-9-17-18/h2-7,9-10,16H,8H2,1H3. The Morgan fingerprint density at radius 2 is 2.05 bits per heavy atom. The minimum Gasteiger partial charge on any atom is -0.380 e. The summed E-state index contributed by atoms with van der Waals surface area (Å²) < 4.78 is 1.74. The van der Waals surface area contributed by atoms with Crippen LogP contribution in [0.25, 0.3) is 5.69 Å². The third-order valence-electron chi connectivity index (χ3n) is 2.97. The summed E-state index contributed by atoms with van der Waals surface area (Å²) in [5.41, 5.74) is 3.46. The number of aromatic nitrogens is 3. The molecule has 0 saturated carbocycles. The van der Waals surface area contributed by atoms with Gasteiger partial charge in [-0.3, -0.25) is 0 Å². The zero-order valence-electron chi connectivity index (χ0n) is 10.6. The van der Waals surface area contributed by atoms with E-state index in [1.165, 1.54) is 16.8 Å². The van der Waals surface area contributed by atoms with Crippen molar-refractivity contribution in [2.45, 2.75) is 13.5 Å². The summed E-state index contributed by atoms with van der Waals surface area (Å²) >= 11 is 1.79. The average Bonchev–Trinajstić information content (AvgIpc) is 3.09. The number of nitrogens with zero attached hydrogens (tertiary/aromatic N) is 3. The van der Waals surface area contributed by atoms with Gasteiger partial charge in [0, 0.05) is 17.1 Å². The first-order valence-electron chi connectivity index (χ1n) is 6.05. The molecule has 3 aromatic rings. The Morgan fingerprint density at radius 3 is 2.68 bits per heavy atom. The molecule has 0 aliphatic heterocycles. The lowest BCUT2D eigenvalue weighted by Crippen LogP contribution is -1.99. The van der Waals surface area contributed by atoms with E-state index in [1.54, 1.807) is 22.3 Å². The van der Waals surface area contributed by atoms with Gasteiger partial charge in [-0.1, -0.05) is 0 Å². The highest BCUT2D eigenvalue weighted by Crippen LogP contribution is 2.18. The number of benzene rings is 1. The van der Waals surface area contributed by atoms with Gasteiger partial charge in [-0.05, 0) is 48.2 Å². The van der Waals surface area contributed by atoms with Crippen LogP contribution in [0.5, 0.6) is 0 Å². The van der Waals surface area contributed by atoms with Crippen LogP contribution in [0.2, 0.25) is 0 Å². The predicted molar refractivity (Wildman–Crippen MR) is 77.7 cm³/mol. The fraction of sp³-hybridized carbons (Fsp3) is 0.143. The summed E-state index contributed by atoms with van der Waals surface area (Å²) in [6.07, 6.45) is 3.23. The van der Waals surface area contributed by atoms with Crippen molar-refractivity contribution < 1.29 is 0 Å². The van der Waals surface area contributed by atoms with Gasteiger partial charge in [0.1, 0.15) is 12.7 Å². The first-order chi connectivity index (χ1) is 9.33. The molecule has 5 heteroatoms. The first kappa shape index (κ1) is 11.9. The lowest BCUT2D eigenvalue weighted by molar-refractivity contribution is 0.879. The van der Waals surface area contributed by atoms with E-state index in [0.29, 0.717) is 0 Å². The second kappa shape index (κ2) is 5.24. The van der Waals surface area contributed by atoms with Crippen LogP contribution in [-0.4, -0.2) is 14.8 Å². The molecule has 96 valence electrons. The number of hydrogen-bond donors (Lipinski definition) is 1. The normalized spacial score (nSPS) is 10.6. The van der Waals surface area contributed by atoms with Crippen LogP contribution in [0.15, 0.2) is 48.4 Å². The molecule has 0 saturated heterocycles. The van der Waals surface area contributed by atoms with E-state index in [-0.39, 0.29) is 0 Å². The summed E-state index contributed by atoms with van der Waals surface area (Å²) in [5, 5.41) is 9.65. The Labute approximate surface area is 115 Å². The Bertz CT molecular complexity index is 640. The van der Waals surface area contributed by atoms with E-state index in [4.69, 9.17) is 0 Å².